The molecule has 0 saturated heterocycles. The number of allylic oxidation sites excluding steroid dienone is 1. The second-order valence-corrected chi connectivity index (χ2v) is 8.62. The SMILES string of the molecule is Cc1ccc([C@H]2CC(=O)C3=C(C2)Nc2ccccc2N[C@@H]3c2c(F)cccc2Cl)cc1. The first-order chi connectivity index (χ1) is 15.0. The monoisotopic (exact) mass is 432 g/mol. The van der Waals surface area contributed by atoms with E-state index in [-0.39, 0.29) is 11.7 Å². The van der Waals surface area contributed by atoms with Gasteiger partial charge in [0, 0.05) is 28.3 Å². The van der Waals surface area contributed by atoms with Gasteiger partial charge in [-0.1, -0.05) is 59.6 Å². The summed E-state index contributed by atoms with van der Waals surface area (Å²) >= 11 is 6.43. The molecule has 0 radical (unpaired) electrons. The van der Waals surface area contributed by atoms with Crippen molar-refractivity contribution >= 4 is 28.8 Å². The zero-order chi connectivity index (χ0) is 21.5. The fraction of sp³-hybridized carbons (Fsp3) is 0.192. The fourth-order valence-corrected chi connectivity index (χ4v) is 4.84. The number of fused-ring (bicyclic) bond motifs is 1. The molecule has 3 nitrogen and oxygen atoms in total. The lowest BCUT2D eigenvalue weighted by atomic mass is 9.78. The van der Waals surface area contributed by atoms with Gasteiger partial charge in [0.25, 0.3) is 0 Å². The average Bonchev–Trinajstić information content (AvgIpc) is 2.91. The van der Waals surface area contributed by atoms with E-state index in [0.717, 1.165) is 22.6 Å². The van der Waals surface area contributed by atoms with Crippen LogP contribution >= 0.6 is 11.6 Å². The Labute approximate surface area is 185 Å². The molecule has 1 heterocycles. The number of aryl methyl sites for hydroxylation is 1. The Balaban J connectivity index is 1.64. The maximum Gasteiger partial charge on any atom is 0.163 e. The Kier molecular flexibility index (Phi) is 5.03. The number of hydrogen-bond acceptors (Lipinski definition) is 3. The van der Waals surface area contributed by atoms with E-state index in [2.05, 4.69) is 41.8 Å². The van der Waals surface area contributed by atoms with Crippen molar-refractivity contribution in [2.45, 2.75) is 31.7 Å². The molecule has 0 spiro atoms. The zero-order valence-electron chi connectivity index (χ0n) is 17.1. The van der Waals surface area contributed by atoms with E-state index < -0.39 is 11.9 Å². The summed E-state index contributed by atoms with van der Waals surface area (Å²) in [5, 5.41) is 7.16. The molecular formula is C26H22ClFN2O. The first-order valence-electron chi connectivity index (χ1n) is 10.4. The van der Waals surface area contributed by atoms with Crippen LogP contribution in [-0.4, -0.2) is 5.78 Å². The molecule has 0 amide bonds. The summed E-state index contributed by atoms with van der Waals surface area (Å²) in [6.07, 6.45) is 1.05. The molecule has 1 aliphatic carbocycles. The molecule has 0 fully saturated rings. The molecule has 2 N–H and O–H groups in total. The quantitative estimate of drug-likeness (QED) is 0.469. The van der Waals surface area contributed by atoms with E-state index in [4.69, 9.17) is 11.6 Å². The first-order valence-corrected chi connectivity index (χ1v) is 10.8. The van der Waals surface area contributed by atoms with Crippen molar-refractivity contribution in [2.75, 3.05) is 10.6 Å². The summed E-state index contributed by atoms with van der Waals surface area (Å²) in [5.41, 5.74) is 5.68. The van der Waals surface area contributed by atoms with Gasteiger partial charge in [0.05, 0.1) is 17.4 Å². The van der Waals surface area contributed by atoms with Crippen LogP contribution < -0.4 is 10.6 Å². The summed E-state index contributed by atoms with van der Waals surface area (Å²) in [5.74, 6) is -0.352. The number of ketones is 1. The van der Waals surface area contributed by atoms with Crippen LogP contribution in [0.15, 0.2) is 78.0 Å². The predicted octanol–water partition coefficient (Wildman–Crippen LogP) is 6.77. The van der Waals surface area contributed by atoms with Gasteiger partial charge in [-0.05, 0) is 49.1 Å². The number of hydrogen-bond donors (Lipinski definition) is 2. The topological polar surface area (TPSA) is 41.1 Å². The molecule has 156 valence electrons. The number of anilines is 2. The van der Waals surface area contributed by atoms with Gasteiger partial charge >= 0.3 is 0 Å². The van der Waals surface area contributed by atoms with Gasteiger partial charge in [0.1, 0.15) is 5.82 Å². The second-order valence-electron chi connectivity index (χ2n) is 8.21. The third kappa shape index (κ3) is 3.61. The second kappa shape index (κ2) is 7.86. The Morgan fingerprint density at radius 1 is 0.935 bits per heavy atom. The van der Waals surface area contributed by atoms with Gasteiger partial charge in [-0.15, -0.1) is 0 Å². The number of halogens is 2. The maximum absolute atomic E-state index is 14.9. The highest BCUT2D eigenvalue weighted by Crippen LogP contribution is 2.45. The maximum atomic E-state index is 14.9. The Hall–Kier alpha value is -3.11. The third-order valence-corrected chi connectivity index (χ3v) is 6.48. The van der Waals surface area contributed by atoms with E-state index in [9.17, 15) is 9.18 Å². The van der Waals surface area contributed by atoms with Gasteiger partial charge in [0.2, 0.25) is 0 Å². The number of para-hydroxylation sites is 2. The number of carbonyl (C=O) groups is 1. The lowest BCUT2D eigenvalue weighted by Gasteiger charge is -2.30. The fourth-order valence-electron chi connectivity index (χ4n) is 4.57. The van der Waals surface area contributed by atoms with Crippen molar-refractivity contribution in [3.63, 3.8) is 0 Å². The van der Waals surface area contributed by atoms with E-state index in [0.29, 0.717) is 29.0 Å². The van der Waals surface area contributed by atoms with Crippen LogP contribution in [-0.2, 0) is 4.79 Å². The molecule has 2 atom stereocenters. The smallest absolute Gasteiger partial charge is 0.163 e. The number of benzene rings is 3. The van der Waals surface area contributed by atoms with Gasteiger partial charge in [0.15, 0.2) is 5.78 Å². The van der Waals surface area contributed by atoms with Gasteiger partial charge < -0.3 is 10.6 Å². The average molecular weight is 433 g/mol. The van der Waals surface area contributed by atoms with Crippen LogP contribution in [0.4, 0.5) is 15.8 Å². The van der Waals surface area contributed by atoms with E-state index in [1.54, 1.807) is 12.1 Å². The number of Topliss-reactive ketones (excluding diaryl/α,β-unsaturated/α-hetero) is 1. The van der Waals surface area contributed by atoms with Gasteiger partial charge in [-0.25, -0.2) is 4.39 Å². The summed E-state index contributed by atoms with van der Waals surface area (Å²) in [6.45, 7) is 2.05. The Morgan fingerprint density at radius 3 is 2.42 bits per heavy atom. The minimum atomic E-state index is -0.661. The molecule has 31 heavy (non-hydrogen) atoms. The molecular weight excluding hydrogens is 411 g/mol. The number of carbonyl (C=O) groups excluding carboxylic acids is 1. The largest absolute Gasteiger partial charge is 0.372 e. The highest BCUT2D eigenvalue weighted by Gasteiger charge is 2.37. The standard InChI is InChI=1S/C26H22ClFN2O/c1-15-9-11-16(12-10-15)17-13-22-25(23(31)14-17)26(24-18(27)5-4-6-19(24)28)30-21-8-3-2-7-20(21)29-22/h2-12,17,26,29-30H,13-14H2,1H3/t17-,26-/m1/s1. The highest BCUT2D eigenvalue weighted by molar-refractivity contribution is 6.31. The van der Waals surface area contributed by atoms with Crippen LogP contribution in [0.2, 0.25) is 5.02 Å². The van der Waals surface area contributed by atoms with Gasteiger partial charge in [-0.2, -0.15) is 0 Å². The minimum Gasteiger partial charge on any atom is -0.372 e. The molecule has 1 aliphatic heterocycles. The molecule has 0 bridgehead atoms. The van der Waals surface area contributed by atoms with Crippen LogP contribution in [0, 0.1) is 12.7 Å². The van der Waals surface area contributed by atoms with Crippen LogP contribution in [0.25, 0.3) is 0 Å². The molecule has 5 heteroatoms. The van der Waals surface area contributed by atoms with Crippen LogP contribution in [0.3, 0.4) is 0 Å². The normalized spacial score (nSPS) is 20.3. The Morgan fingerprint density at radius 2 is 1.68 bits per heavy atom. The minimum absolute atomic E-state index is 0.00366. The molecule has 3 aromatic carbocycles. The van der Waals surface area contributed by atoms with Crippen molar-refractivity contribution < 1.29 is 9.18 Å². The van der Waals surface area contributed by atoms with E-state index >= 15 is 0 Å². The summed E-state index contributed by atoms with van der Waals surface area (Å²) in [7, 11) is 0. The molecule has 5 rings (SSSR count). The van der Waals surface area contributed by atoms with Crippen molar-refractivity contribution in [1.82, 2.24) is 0 Å². The zero-order valence-corrected chi connectivity index (χ0v) is 17.8. The van der Waals surface area contributed by atoms with Gasteiger partial charge in [-0.3, -0.25) is 4.79 Å². The summed E-state index contributed by atoms with van der Waals surface area (Å²) in [6, 6.07) is 20.0. The third-order valence-electron chi connectivity index (χ3n) is 6.15. The molecule has 3 aromatic rings. The van der Waals surface area contributed by atoms with Crippen molar-refractivity contribution in [2.24, 2.45) is 0 Å². The van der Waals surface area contributed by atoms with E-state index in [1.165, 1.54) is 11.6 Å². The van der Waals surface area contributed by atoms with Crippen molar-refractivity contribution in [1.29, 1.82) is 0 Å². The Bertz CT molecular complexity index is 1180. The van der Waals surface area contributed by atoms with Crippen LogP contribution in [0.1, 0.15) is 41.5 Å². The molecule has 0 saturated carbocycles. The van der Waals surface area contributed by atoms with Crippen molar-refractivity contribution in [3.05, 3.63) is 106 Å². The highest BCUT2D eigenvalue weighted by atomic mass is 35.5. The lowest BCUT2D eigenvalue weighted by Crippen LogP contribution is -2.27. The summed E-state index contributed by atoms with van der Waals surface area (Å²) in [4.78, 5) is 13.5. The molecule has 0 aromatic heterocycles. The lowest BCUT2D eigenvalue weighted by molar-refractivity contribution is -0.116. The predicted molar refractivity (Wildman–Crippen MR) is 123 cm³/mol. The first kappa shape index (κ1) is 19.8. The van der Waals surface area contributed by atoms with Crippen molar-refractivity contribution in [3.8, 4) is 0 Å². The van der Waals surface area contributed by atoms with E-state index in [1.807, 2.05) is 24.3 Å². The number of rotatable bonds is 2. The summed E-state index contributed by atoms with van der Waals surface area (Å²) < 4.78 is 14.9. The molecule has 2 aliphatic rings. The number of nitrogens with one attached hydrogen (secondary N) is 2. The van der Waals surface area contributed by atoms with Crippen LogP contribution in [0.5, 0.6) is 0 Å². The molecule has 0 unspecified atom stereocenters.